The maximum Gasteiger partial charge on any atom is 0.226 e. The molecule has 2 fully saturated rings. The molecule has 0 unspecified atom stereocenters. The van der Waals surface area contributed by atoms with E-state index in [1.165, 1.54) is 27.8 Å². The number of nitrogens with zero attached hydrogens (tertiary/aromatic N) is 1. The van der Waals surface area contributed by atoms with Crippen LogP contribution < -0.4 is 5.32 Å². The van der Waals surface area contributed by atoms with Gasteiger partial charge in [-0.1, -0.05) is 61.0 Å². The maximum absolute atomic E-state index is 13.2. The van der Waals surface area contributed by atoms with Crippen molar-refractivity contribution in [2.75, 3.05) is 0 Å². The first-order valence-corrected chi connectivity index (χ1v) is 12.3. The molecule has 1 amide bonds. The molecule has 3 nitrogen and oxygen atoms in total. The van der Waals surface area contributed by atoms with Crippen LogP contribution in [0.25, 0.3) is 11.1 Å². The van der Waals surface area contributed by atoms with Crippen molar-refractivity contribution in [1.29, 1.82) is 0 Å². The number of pyridine rings is 1. The molecular formula is C30H34N2O. The fourth-order valence-electron chi connectivity index (χ4n) is 6.80. The Bertz CT molecular complexity index is 1150. The van der Waals surface area contributed by atoms with Crippen LogP contribution >= 0.6 is 0 Å². The van der Waals surface area contributed by atoms with Crippen molar-refractivity contribution in [3.63, 3.8) is 0 Å². The van der Waals surface area contributed by atoms with E-state index in [0.29, 0.717) is 17.8 Å². The molecule has 1 aliphatic carbocycles. The van der Waals surface area contributed by atoms with E-state index in [9.17, 15) is 4.79 Å². The number of aromatic nitrogens is 1. The average Bonchev–Trinajstić information content (AvgIpc) is 3.09. The van der Waals surface area contributed by atoms with Crippen molar-refractivity contribution in [3.8, 4) is 11.1 Å². The summed E-state index contributed by atoms with van der Waals surface area (Å²) in [5, 5.41) is 3.33. The molecular weight excluding hydrogens is 404 g/mol. The second-order valence-corrected chi connectivity index (χ2v) is 10.2. The molecule has 0 radical (unpaired) electrons. The zero-order valence-corrected chi connectivity index (χ0v) is 20.1. The Kier molecular flexibility index (Phi) is 5.60. The van der Waals surface area contributed by atoms with Gasteiger partial charge in [0.05, 0.1) is 5.41 Å². The Morgan fingerprint density at radius 1 is 1.06 bits per heavy atom. The van der Waals surface area contributed by atoms with Crippen LogP contribution in [0.1, 0.15) is 67.2 Å². The van der Waals surface area contributed by atoms with E-state index in [2.05, 4.69) is 86.5 Å². The van der Waals surface area contributed by atoms with E-state index in [0.717, 1.165) is 24.8 Å². The summed E-state index contributed by atoms with van der Waals surface area (Å²) in [6.07, 6.45) is 6.65. The number of nitrogens with one attached hydrogen (secondary N) is 1. The van der Waals surface area contributed by atoms with Gasteiger partial charge >= 0.3 is 0 Å². The highest BCUT2D eigenvalue weighted by Gasteiger charge is 2.59. The molecule has 0 spiro atoms. The molecule has 2 heterocycles. The molecule has 170 valence electrons. The summed E-state index contributed by atoms with van der Waals surface area (Å²) in [7, 11) is 0. The fourth-order valence-corrected chi connectivity index (χ4v) is 6.80. The lowest BCUT2D eigenvalue weighted by atomic mass is 9.54. The predicted molar refractivity (Wildman–Crippen MR) is 134 cm³/mol. The summed E-state index contributed by atoms with van der Waals surface area (Å²) < 4.78 is 0. The summed E-state index contributed by atoms with van der Waals surface area (Å²) in [4.78, 5) is 17.5. The molecule has 1 aromatic heterocycles. The average molecular weight is 439 g/mol. The number of benzene rings is 2. The highest BCUT2D eigenvalue weighted by Crippen LogP contribution is 2.60. The number of amides is 1. The lowest BCUT2D eigenvalue weighted by Crippen LogP contribution is -2.44. The monoisotopic (exact) mass is 438 g/mol. The highest BCUT2D eigenvalue weighted by molar-refractivity contribution is 5.86. The number of hydrogen-bond donors (Lipinski definition) is 1. The second-order valence-electron chi connectivity index (χ2n) is 10.2. The van der Waals surface area contributed by atoms with Crippen molar-refractivity contribution in [1.82, 2.24) is 10.3 Å². The summed E-state index contributed by atoms with van der Waals surface area (Å²) in [6.45, 7) is 8.79. The van der Waals surface area contributed by atoms with Gasteiger partial charge in [-0.05, 0) is 85.8 Å². The molecule has 1 saturated heterocycles. The summed E-state index contributed by atoms with van der Waals surface area (Å²) >= 11 is 0. The van der Waals surface area contributed by atoms with Gasteiger partial charge in [-0.15, -0.1) is 0 Å². The van der Waals surface area contributed by atoms with Crippen LogP contribution in [0, 0.1) is 25.2 Å². The lowest BCUT2D eigenvalue weighted by Gasteiger charge is -2.48. The molecule has 1 saturated carbocycles. The van der Waals surface area contributed by atoms with E-state index in [1.807, 2.05) is 18.5 Å². The van der Waals surface area contributed by atoms with Gasteiger partial charge in [0, 0.05) is 24.4 Å². The minimum absolute atomic E-state index is 0.182. The molecule has 5 atom stereocenters. The summed E-state index contributed by atoms with van der Waals surface area (Å²) in [6, 6.07) is 20.2. The SMILES string of the molecule is CC[C@@]12CC[C@@H](c3ccc(-c4cccnc4)cc3C)[C@H](c3ccc(C)cc3)[C@@H]1[C@@H](C)NC2=O. The normalized spacial score (nSPS) is 28.9. The highest BCUT2D eigenvalue weighted by atomic mass is 16.2. The third kappa shape index (κ3) is 3.58. The van der Waals surface area contributed by atoms with Crippen molar-refractivity contribution in [2.24, 2.45) is 11.3 Å². The van der Waals surface area contributed by atoms with E-state index < -0.39 is 0 Å². The number of carbonyl (C=O) groups is 1. The minimum atomic E-state index is -0.255. The molecule has 0 bridgehead atoms. The molecule has 2 aromatic carbocycles. The fraction of sp³-hybridized carbons (Fsp3) is 0.400. The minimum Gasteiger partial charge on any atom is -0.353 e. The number of hydrogen-bond acceptors (Lipinski definition) is 2. The topological polar surface area (TPSA) is 42.0 Å². The standard InChI is InChI=1S/C30H34N2O/c1-5-30-15-14-26(25-13-12-23(17-20(25)3)24-7-6-16-31-18-24)27(22-10-8-19(2)9-11-22)28(30)21(4)32-29(30)33/h6-13,16-18,21,26-28H,5,14-15H2,1-4H3,(H,32,33)/t21-,26+,27+,28+,30-/m1/s1. The zero-order valence-electron chi connectivity index (χ0n) is 20.1. The van der Waals surface area contributed by atoms with Gasteiger partial charge in [0.25, 0.3) is 0 Å². The van der Waals surface area contributed by atoms with Crippen LogP contribution in [-0.2, 0) is 4.79 Å². The molecule has 2 aliphatic rings. The Labute approximate surface area is 197 Å². The van der Waals surface area contributed by atoms with Crippen molar-refractivity contribution >= 4 is 5.91 Å². The number of carbonyl (C=O) groups excluding carboxylic acids is 1. The zero-order chi connectivity index (χ0) is 23.2. The van der Waals surface area contributed by atoms with Crippen LogP contribution in [0.5, 0.6) is 0 Å². The van der Waals surface area contributed by atoms with E-state index in [-0.39, 0.29) is 17.4 Å². The maximum atomic E-state index is 13.2. The van der Waals surface area contributed by atoms with Crippen molar-refractivity contribution in [2.45, 2.75) is 64.8 Å². The Balaban J connectivity index is 1.60. The molecule has 33 heavy (non-hydrogen) atoms. The van der Waals surface area contributed by atoms with Crippen molar-refractivity contribution in [3.05, 3.63) is 89.2 Å². The van der Waals surface area contributed by atoms with Gasteiger partial charge in [-0.2, -0.15) is 0 Å². The predicted octanol–water partition coefficient (Wildman–Crippen LogP) is 6.56. The molecule has 1 aliphatic heterocycles. The van der Waals surface area contributed by atoms with Crippen molar-refractivity contribution < 1.29 is 4.79 Å². The van der Waals surface area contributed by atoms with Crippen LogP contribution in [0.15, 0.2) is 67.0 Å². The second kappa shape index (κ2) is 8.44. The Hall–Kier alpha value is -2.94. The number of rotatable bonds is 4. The van der Waals surface area contributed by atoms with E-state index >= 15 is 0 Å². The summed E-state index contributed by atoms with van der Waals surface area (Å²) in [5.74, 6) is 1.28. The van der Waals surface area contributed by atoms with E-state index in [4.69, 9.17) is 0 Å². The van der Waals surface area contributed by atoms with Gasteiger partial charge in [-0.3, -0.25) is 9.78 Å². The van der Waals surface area contributed by atoms with Crippen LogP contribution in [0.3, 0.4) is 0 Å². The largest absolute Gasteiger partial charge is 0.353 e. The van der Waals surface area contributed by atoms with Gasteiger partial charge in [0.15, 0.2) is 0 Å². The van der Waals surface area contributed by atoms with Gasteiger partial charge < -0.3 is 5.32 Å². The smallest absolute Gasteiger partial charge is 0.226 e. The van der Waals surface area contributed by atoms with Gasteiger partial charge in [-0.25, -0.2) is 0 Å². The summed E-state index contributed by atoms with van der Waals surface area (Å²) in [5.41, 5.74) is 7.49. The molecule has 1 N–H and O–H groups in total. The van der Waals surface area contributed by atoms with Gasteiger partial charge in [0.1, 0.15) is 0 Å². The van der Waals surface area contributed by atoms with Crippen LogP contribution in [0.2, 0.25) is 0 Å². The lowest BCUT2D eigenvalue weighted by molar-refractivity contribution is -0.131. The van der Waals surface area contributed by atoms with E-state index in [1.54, 1.807) is 0 Å². The number of fused-ring (bicyclic) bond motifs is 1. The first-order chi connectivity index (χ1) is 15.9. The molecule has 5 rings (SSSR count). The third-order valence-electron chi connectivity index (χ3n) is 8.47. The van der Waals surface area contributed by atoms with Crippen LogP contribution in [-0.4, -0.2) is 16.9 Å². The molecule has 3 heteroatoms. The third-order valence-corrected chi connectivity index (χ3v) is 8.47. The number of aryl methyl sites for hydroxylation is 2. The van der Waals surface area contributed by atoms with Gasteiger partial charge in [0.2, 0.25) is 5.91 Å². The molecule has 3 aromatic rings. The quantitative estimate of drug-likeness (QED) is 0.501. The first-order valence-electron chi connectivity index (χ1n) is 12.3. The van der Waals surface area contributed by atoms with Crippen LogP contribution in [0.4, 0.5) is 0 Å². The Morgan fingerprint density at radius 3 is 2.52 bits per heavy atom. The Morgan fingerprint density at radius 2 is 1.85 bits per heavy atom. The first kappa shape index (κ1) is 21.9.